The van der Waals surface area contributed by atoms with Crippen LogP contribution in [0, 0.1) is 23.1 Å². The molecule has 0 bridgehead atoms. The zero-order chi connectivity index (χ0) is 27.4. The predicted octanol–water partition coefficient (Wildman–Crippen LogP) is 5.85. The lowest BCUT2D eigenvalue weighted by molar-refractivity contribution is 0.0731. The number of fused-ring (bicyclic) bond motifs is 4. The number of ether oxygens (including phenoxy) is 2. The Morgan fingerprint density at radius 3 is 2.85 bits per heavy atom. The van der Waals surface area contributed by atoms with E-state index in [4.69, 9.17) is 14.5 Å². The Balaban J connectivity index is 1.34. The fraction of sp³-hybridized carbons (Fsp3) is 0.226. The van der Waals surface area contributed by atoms with Crippen LogP contribution in [0.5, 0.6) is 5.75 Å². The predicted molar refractivity (Wildman–Crippen MR) is 147 cm³/mol. The Morgan fingerprint density at radius 2 is 2.00 bits per heavy atom. The van der Waals surface area contributed by atoms with Crippen molar-refractivity contribution in [3.63, 3.8) is 0 Å². The highest BCUT2D eigenvalue weighted by atomic mass is 19.1. The van der Waals surface area contributed by atoms with Crippen LogP contribution in [0.4, 0.5) is 14.7 Å². The van der Waals surface area contributed by atoms with Crippen LogP contribution in [0.1, 0.15) is 34.7 Å². The second-order valence-electron chi connectivity index (χ2n) is 10.3. The number of nitriles is 1. The van der Waals surface area contributed by atoms with Crippen LogP contribution < -0.4 is 10.1 Å². The number of hydrogen-bond donors (Lipinski definition) is 1. The minimum atomic E-state index is -0.424. The minimum absolute atomic E-state index is 0.000701. The SMILES string of the molecule is C=C1OCCN2CC(n3c(NC#N)nc4cc(/C=C5/c6ccc(F)cc6OCc6c(F)cccc65)ccc43)C[C@H]12. The summed E-state index contributed by atoms with van der Waals surface area (Å²) in [7, 11) is 0. The molecule has 4 heterocycles. The van der Waals surface area contributed by atoms with Crippen molar-refractivity contribution in [1.29, 1.82) is 5.26 Å². The Labute approximate surface area is 229 Å². The number of morpholine rings is 1. The molecule has 0 spiro atoms. The van der Waals surface area contributed by atoms with Crippen molar-refractivity contribution in [3.05, 3.63) is 101 Å². The van der Waals surface area contributed by atoms with E-state index in [1.54, 1.807) is 12.1 Å². The molecule has 3 aliphatic heterocycles. The number of rotatable bonds is 3. The molecule has 0 aliphatic carbocycles. The summed E-state index contributed by atoms with van der Waals surface area (Å²) >= 11 is 0. The molecule has 0 radical (unpaired) electrons. The molecule has 9 heteroatoms. The van der Waals surface area contributed by atoms with Crippen LogP contribution in [-0.4, -0.2) is 40.2 Å². The molecule has 2 fully saturated rings. The van der Waals surface area contributed by atoms with Gasteiger partial charge in [0.25, 0.3) is 0 Å². The van der Waals surface area contributed by atoms with Crippen molar-refractivity contribution in [3.8, 4) is 11.9 Å². The summed E-state index contributed by atoms with van der Waals surface area (Å²) in [5, 5.41) is 12.2. The third-order valence-corrected chi connectivity index (χ3v) is 7.99. The first-order valence-electron chi connectivity index (χ1n) is 13.1. The van der Waals surface area contributed by atoms with Crippen LogP contribution in [0.2, 0.25) is 0 Å². The van der Waals surface area contributed by atoms with Crippen LogP contribution in [-0.2, 0) is 11.3 Å². The van der Waals surface area contributed by atoms with Crippen molar-refractivity contribution in [1.82, 2.24) is 14.5 Å². The third-order valence-electron chi connectivity index (χ3n) is 7.99. The van der Waals surface area contributed by atoms with Crippen molar-refractivity contribution < 1.29 is 18.3 Å². The molecule has 0 saturated carbocycles. The van der Waals surface area contributed by atoms with Crippen molar-refractivity contribution in [2.24, 2.45) is 0 Å². The topological polar surface area (TPSA) is 75.3 Å². The summed E-state index contributed by atoms with van der Waals surface area (Å²) < 4.78 is 42.5. The van der Waals surface area contributed by atoms with E-state index in [0.29, 0.717) is 35.0 Å². The average Bonchev–Trinajstić information content (AvgIpc) is 3.48. The lowest BCUT2D eigenvalue weighted by Gasteiger charge is -2.30. The summed E-state index contributed by atoms with van der Waals surface area (Å²) in [6.07, 6.45) is 4.77. The van der Waals surface area contributed by atoms with E-state index in [-0.39, 0.29) is 24.5 Å². The molecular weight excluding hydrogens is 512 g/mol. The number of imidazole rings is 1. The first-order valence-corrected chi connectivity index (χ1v) is 13.1. The first kappa shape index (κ1) is 24.4. The molecule has 1 unspecified atom stereocenters. The standard InChI is InChI=1S/C31H25F2N5O2/c1-18-29-14-21(15-37(29)9-10-39-18)38-28-8-5-19(12-27(28)36-31(38)35-17-34)11-24-22-3-2-4-26(33)25(22)16-40-30-13-20(32)6-7-23(24)30/h2-8,11-13,21,29H,1,9-10,14-16H2,(H,35,36)/b24-11+/t21?,29-/m1/s1. The van der Waals surface area contributed by atoms with E-state index in [0.717, 1.165) is 47.4 Å². The maximum Gasteiger partial charge on any atom is 0.217 e. The van der Waals surface area contributed by atoms with E-state index < -0.39 is 5.82 Å². The number of aromatic nitrogens is 2. The molecule has 2 atom stereocenters. The maximum absolute atomic E-state index is 14.8. The zero-order valence-corrected chi connectivity index (χ0v) is 21.5. The fourth-order valence-electron chi connectivity index (χ4n) is 6.17. The molecule has 3 aromatic carbocycles. The Kier molecular flexibility index (Phi) is 5.79. The van der Waals surface area contributed by atoms with Crippen LogP contribution >= 0.6 is 0 Å². The van der Waals surface area contributed by atoms with Gasteiger partial charge in [0, 0.05) is 30.3 Å². The monoisotopic (exact) mass is 537 g/mol. The van der Waals surface area contributed by atoms with Crippen molar-refractivity contribution in [2.75, 3.05) is 25.0 Å². The van der Waals surface area contributed by atoms with Crippen LogP contribution in [0.3, 0.4) is 0 Å². The van der Waals surface area contributed by atoms with E-state index in [1.807, 2.05) is 36.5 Å². The van der Waals surface area contributed by atoms with E-state index in [1.165, 1.54) is 18.2 Å². The Morgan fingerprint density at radius 1 is 1.10 bits per heavy atom. The lowest BCUT2D eigenvalue weighted by Crippen LogP contribution is -2.39. The molecular formula is C31H25F2N5O2. The normalized spacial score (nSPS) is 21.1. The van der Waals surface area contributed by atoms with Gasteiger partial charge in [-0.05, 0) is 59.5 Å². The van der Waals surface area contributed by atoms with Crippen molar-refractivity contribution >= 4 is 28.6 Å². The number of nitrogens with one attached hydrogen (secondary N) is 1. The molecule has 1 N–H and O–H groups in total. The van der Waals surface area contributed by atoms with Gasteiger partial charge in [-0.2, -0.15) is 5.26 Å². The highest BCUT2D eigenvalue weighted by molar-refractivity contribution is 5.96. The fourth-order valence-corrected chi connectivity index (χ4v) is 6.17. The van der Waals surface area contributed by atoms with Gasteiger partial charge in [0.05, 0.1) is 23.1 Å². The molecule has 2 saturated heterocycles. The second kappa shape index (κ2) is 9.50. The number of nitrogens with zero attached hydrogens (tertiary/aromatic N) is 4. The van der Waals surface area contributed by atoms with Gasteiger partial charge in [0.1, 0.15) is 36.4 Å². The summed E-state index contributed by atoms with van der Waals surface area (Å²) in [6, 6.07) is 15.4. The minimum Gasteiger partial charge on any atom is -0.496 e. The molecule has 0 amide bonds. The largest absolute Gasteiger partial charge is 0.496 e. The van der Waals surface area contributed by atoms with Gasteiger partial charge in [-0.25, -0.2) is 13.8 Å². The van der Waals surface area contributed by atoms with Gasteiger partial charge in [-0.15, -0.1) is 0 Å². The summed E-state index contributed by atoms with van der Waals surface area (Å²) in [5.74, 6) is 0.822. The summed E-state index contributed by atoms with van der Waals surface area (Å²) in [5.41, 5.74) is 4.95. The smallest absolute Gasteiger partial charge is 0.217 e. The molecule has 3 aliphatic rings. The van der Waals surface area contributed by atoms with Crippen molar-refractivity contribution in [2.45, 2.75) is 25.1 Å². The lowest BCUT2D eigenvalue weighted by atomic mass is 9.92. The van der Waals surface area contributed by atoms with E-state index in [2.05, 4.69) is 21.4 Å². The average molecular weight is 538 g/mol. The number of benzene rings is 3. The van der Waals surface area contributed by atoms with Gasteiger partial charge in [0.15, 0.2) is 6.19 Å². The highest BCUT2D eigenvalue weighted by Gasteiger charge is 2.39. The third kappa shape index (κ3) is 4.00. The Bertz CT molecular complexity index is 1750. The van der Waals surface area contributed by atoms with E-state index >= 15 is 0 Å². The number of anilines is 1. The quantitative estimate of drug-likeness (QED) is 0.261. The molecule has 200 valence electrons. The van der Waals surface area contributed by atoms with Gasteiger partial charge in [-0.3, -0.25) is 10.2 Å². The maximum atomic E-state index is 14.8. The van der Waals surface area contributed by atoms with Gasteiger partial charge >= 0.3 is 0 Å². The molecule has 7 rings (SSSR count). The first-order chi connectivity index (χ1) is 19.5. The molecule has 7 nitrogen and oxygen atoms in total. The second-order valence-corrected chi connectivity index (χ2v) is 10.3. The molecule has 40 heavy (non-hydrogen) atoms. The van der Waals surface area contributed by atoms with Gasteiger partial charge in [0.2, 0.25) is 5.95 Å². The number of hydrogen-bond acceptors (Lipinski definition) is 6. The van der Waals surface area contributed by atoms with Crippen LogP contribution in [0.25, 0.3) is 22.7 Å². The zero-order valence-electron chi connectivity index (χ0n) is 21.5. The summed E-state index contributed by atoms with van der Waals surface area (Å²) in [4.78, 5) is 7.13. The number of halogens is 2. The molecule has 4 aromatic rings. The van der Waals surface area contributed by atoms with Crippen LogP contribution in [0.15, 0.2) is 66.9 Å². The Hall–Kier alpha value is -4.68. The molecule has 1 aromatic heterocycles. The van der Waals surface area contributed by atoms with E-state index in [9.17, 15) is 14.0 Å². The summed E-state index contributed by atoms with van der Waals surface area (Å²) in [6.45, 7) is 6.36. The van der Waals surface area contributed by atoms with Gasteiger partial charge < -0.3 is 14.0 Å². The highest BCUT2D eigenvalue weighted by Crippen LogP contribution is 2.40. The van der Waals surface area contributed by atoms with Gasteiger partial charge in [-0.1, -0.05) is 24.8 Å².